The summed E-state index contributed by atoms with van der Waals surface area (Å²) in [6, 6.07) is -1.00. The SMILES string of the molecule is C=C[C@H](NC(=O)[C@@H](NC)C(C)C)C(=O)NC. The first-order chi connectivity index (χ1) is 7.47. The number of carbonyl (C=O) groups is 2. The van der Waals surface area contributed by atoms with E-state index in [-0.39, 0.29) is 23.8 Å². The first-order valence-electron chi connectivity index (χ1n) is 5.29. The molecular weight excluding hydrogens is 206 g/mol. The zero-order chi connectivity index (χ0) is 12.7. The Balaban J connectivity index is 4.51. The summed E-state index contributed by atoms with van der Waals surface area (Å²) in [5.74, 6) is -0.326. The van der Waals surface area contributed by atoms with E-state index in [1.807, 2.05) is 13.8 Å². The molecular formula is C11H21N3O2. The van der Waals surface area contributed by atoms with E-state index >= 15 is 0 Å². The van der Waals surface area contributed by atoms with Crippen LogP contribution in [0.25, 0.3) is 0 Å². The Morgan fingerprint density at radius 2 is 1.75 bits per heavy atom. The van der Waals surface area contributed by atoms with Gasteiger partial charge in [0.05, 0.1) is 6.04 Å². The number of rotatable bonds is 6. The Morgan fingerprint density at radius 1 is 1.19 bits per heavy atom. The molecule has 0 aliphatic carbocycles. The first-order valence-corrected chi connectivity index (χ1v) is 5.29. The molecule has 0 aromatic heterocycles. The van der Waals surface area contributed by atoms with Gasteiger partial charge in [0.15, 0.2) is 0 Å². The maximum Gasteiger partial charge on any atom is 0.246 e. The van der Waals surface area contributed by atoms with Crippen LogP contribution < -0.4 is 16.0 Å². The number of hydrogen-bond acceptors (Lipinski definition) is 3. The second-order valence-electron chi connectivity index (χ2n) is 3.85. The summed E-state index contributed by atoms with van der Waals surface area (Å²) < 4.78 is 0. The van der Waals surface area contributed by atoms with Crippen molar-refractivity contribution in [1.29, 1.82) is 0 Å². The standard InChI is InChI=1S/C11H21N3O2/c1-6-8(10(15)13-5)14-11(16)9(12-4)7(2)3/h6-9,12H,1H2,2-5H3,(H,13,15)(H,14,16)/t8-,9-/m0/s1. The van der Waals surface area contributed by atoms with Crippen molar-refractivity contribution in [2.45, 2.75) is 25.9 Å². The van der Waals surface area contributed by atoms with Crippen LogP contribution >= 0.6 is 0 Å². The third-order valence-corrected chi connectivity index (χ3v) is 2.32. The van der Waals surface area contributed by atoms with Crippen molar-refractivity contribution in [2.75, 3.05) is 14.1 Å². The summed E-state index contributed by atoms with van der Waals surface area (Å²) in [7, 11) is 3.23. The maximum absolute atomic E-state index is 11.8. The zero-order valence-corrected chi connectivity index (χ0v) is 10.3. The molecule has 0 aliphatic rings. The number of nitrogens with one attached hydrogen (secondary N) is 3. The molecule has 0 saturated heterocycles. The van der Waals surface area contributed by atoms with Gasteiger partial charge in [0.2, 0.25) is 11.8 Å². The van der Waals surface area contributed by atoms with Crippen LogP contribution in [0.1, 0.15) is 13.8 Å². The highest BCUT2D eigenvalue weighted by molar-refractivity contribution is 5.90. The van der Waals surface area contributed by atoms with Crippen molar-refractivity contribution in [1.82, 2.24) is 16.0 Å². The van der Waals surface area contributed by atoms with Crippen LogP contribution in [0.3, 0.4) is 0 Å². The minimum atomic E-state index is -0.688. The quantitative estimate of drug-likeness (QED) is 0.543. The molecule has 0 saturated carbocycles. The van der Waals surface area contributed by atoms with Gasteiger partial charge in [0.25, 0.3) is 0 Å². The highest BCUT2D eigenvalue weighted by Gasteiger charge is 2.24. The highest BCUT2D eigenvalue weighted by Crippen LogP contribution is 2.01. The van der Waals surface area contributed by atoms with Gasteiger partial charge in [-0.3, -0.25) is 9.59 Å². The molecule has 5 heteroatoms. The van der Waals surface area contributed by atoms with E-state index in [0.29, 0.717) is 0 Å². The molecule has 3 N–H and O–H groups in total. The van der Waals surface area contributed by atoms with Crippen LogP contribution in [0.15, 0.2) is 12.7 Å². The number of hydrogen-bond donors (Lipinski definition) is 3. The fourth-order valence-corrected chi connectivity index (χ4v) is 1.40. The van der Waals surface area contributed by atoms with Gasteiger partial charge in [-0.05, 0) is 13.0 Å². The Kier molecular flexibility index (Phi) is 6.41. The molecule has 0 aromatic rings. The summed E-state index contributed by atoms with van der Waals surface area (Å²) in [5, 5.41) is 7.99. The highest BCUT2D eigenvalue weighted by atomic mass is 16.2. The van der Waals surface area contributed by atoms with Crippen LogP contribution in [0.4, 0.5) is 0 Å². The van der Waals surface area contributed by atoms with Gasteiger partial charge in [-0.1, -0.05) is 19.9 Å². The lowest BCUT2D eigenvalue weighted by Gasteiger charge is -2.22. The smallest absolute Gasteiger partial charge is 0.246 e. The summed E-state index contributed by atoms with van der Waals surface area (Å²) in [5.41, 5.74) is 0. The second-order valence-corrected chi connectivity index (χ2v) is 3.85. The van der Waals surface area contributed by atoms with Crippen LogP contribution in [-0.2, 0) is 9.59 Å². The van der Waals surface area contributed by atoms with Crippen LogP contribution in [-0.4, -0.2) is 38.0 Å². The normalized spacial score (nSPS) is 14.1. The summed E-state index contributed by atoms with van der Waals surface area (Å²) in [6.45, 7) is 7.39. The van der Waals surface area contributed by atoms with Gasteiger partial charge < -0.3 is 16.0 Å². The van der Waals surface area contributed by atoms with Crippen LogP contribution in [0, 0.1) is 5.92 Å². The first kappa shape index (κ1) is 14.6. The maximum atomic E-state index is 11.8. The van der Waals surface area contributed by atoms with Gasteiger partial charge in [-0.15, -0.1) is 6.58 Å². The number of likely N-dealkylation sites (N-methyl/N-ethyl adjacent to an activating group) is 2. The number of amides is 2. The summed E-state index contributed by atoms with van der Waals surface area (Å²) in [4.78, 5) is 23.1. The van der Waals surface area contributed by atoms with E-state index in [4.69, 9.17) is 0 Å². The van der Waals surface area contributed by atoms with Crippen LogP contribution in [0.5, 0.6) is 0 Å². The average molecular weight is 227 g/mol. The second kappa shape index (κ2) is 7.00. The molecule has 0 radical (unpaired) electrons. The molecule has 16 heavy (non-hydrogen) atoms. The molecule has 5 nitrogen and oxygen atoms in total. The molecule has 0 aromatic carbocycles. The van der Waals surface area contributed by atoms with Gasteiger partial charge in [0.1, 0.15) is 6.04 Å². The lowest BCUT2D eigenvalue weighted by molar-refractivity contribution is -0.129. The molecule has 0 heterocycles. The molecule has 0 fully saturated rings. The van der Waals surface area contributed by atoms with E-state index in [0.717, 1.165) is 0 Å². The van der Waals surface area contributed by atoms with E-state index in [1.54, 1.807) is 7.05 Å². The molecule has 0 unspecified atom stereocenters. The molecule has 0 spiro atoms. The van der Waals surface area contributed by atoms with Crippen molar-refractivity contribution in [3.05, 3.63) is 12.7 Å². The number of carbonyl (C=O) groups excluding carboxylic acids is 2. The topological polar surface area (TPSA) is 70.2 Å². The molecule has 92 valence electrons. The van der Waals surface area contributed by atoms with Gasteiger partial charge in [-0.25, -0.2) is 0 Å². The predicted molar refractivity (Wildman–Crippen MR) is 63.9 cm³/mol. The van der Waals surface area contributed by atoms with Gasteiger partial charge in [-0.2, -0.15) is 0 Å². The Bertz CT molecular complexity index is 264. The summed E-state index contributed by atoms with van der Waals surface area (Å²) >= 11 is 0. The molecule has 2 atom stereocenters. The summed E-state index contributed by atoms with van der Waals surface area (Å²) in [6.07, 6.45) is 1.41. The van der Waals surface area contributed by atoms with Crippen molar-refractivity contribution in [3.8, 4) is 0 Å². The van der Waals surface area contributed by atoms with Gasteiger partial charge in [0, 0.05) is 7.05 Å². The lowest BCUT2D eigenvalue weighted by Crippen LogP contribution is -2.52. The monoisotopic (exact) mass is 227 g/mol. The van der Waals surface area contributed by atoms with E-state index in [9.17, 15) is 9.59 Å². The van der Waals surface area contributed by atoms with Crippen molar-refractivity contribution in [2.24, 2.45) is 5.92 Å². The Labute approximate surface area is 96.7 Å². The van der Waals surface area contributed by atoms with E-state index in [1.165, 1.54) is 13.1 Å². The van der Waals surface area contributed by atoms with Crippen molar-refractivity contribution < 1.29 is 9.59 Å². The zero-order valence-electron chi connectivity index (χ0n) is 10.3. The third-order valence-electron chi connectivity index (χ3n) is 2.32. The largest absolute Gasteiger partial charge is 0.357 e. The third kappa shape index (κ3) is 4.02. The predicted octanol–water partition coefficient (Wildman–Crippen LogP) is -0.353. The molecule has 0 aliphatic heterocycles. The van der Waals surface area contributed by atoms with E-state index in [2.05, 4.69) is 22.5 Å². The Hall–Kier alpha value is -1.36. The van der Waals surface area contributed by atoms with Crippen molar-refractivity contribution >= 4 is 11.8 Å². The molecule has 2 amide bonds. The van der Waals surface area contributed by atoms with Crippen molar-refractivity contribution in [3.63, 3.8) is 0 Å². The fourth-order valence-electron chi connectivity index (χ4n) is 1.40. The average Bonchev–Trinajstić information content (AvgIpc) is 2.25. The Morgan fingerprint density at radius 3 is 2.06 bits per heavy atom. The molecule has 0 rings (SSSR count). The van der Waals surface area contributed by atoms with Gasteiger partial charge >= 0.3 is 0 Å². The fraction of sp³-hybridized carbons (Fsp3) is 0.636. The lowest BCUT2D eigenvalue weighted by atomic mass is 10.0. The molecule has 0 bridgehead atoms. The van der Waals surface area contributed by atoms with Crippen LogP contribution in [0.2, 0.25) is 0 Å². The van der Waals surface area contributed by atoms with E-state index < -0.39 is 6.04 Å². The minimum absolute atomic E-state index is 0.153. The minimum Gasteiger partial charge on any atom is -0.357 e.